The maximum Gasteiger partial charge on any atom is 0.336 e. The zero-order valence-electron chi connectivity index (χ0n) is 18.6. The van der Waals surface area contributed by atoms with Crippen LogP contribution in [0.1, 0.15) is 43.5 Å². The van der Waals surface area contributed by atoms with Crippen molar-refractivity contribution in [2.45, 2.75) is 39.2 Å². The van der Waals surface area contributed by atoms with Crippen molar-refractivity contribution in [1.29, 1.82) is 0 Å². The van der Waals surface area contributed by atoms with Crippen molar-refractivity contribution in [3.05, 3.63) is 34.9 Å². The van der Waals surface area contributed by atoms with Crippen LogP contribution in [0, 0.1) is 12.3 Å². The molecule has 0 bridgehead atoms. The molecular weight excluding hydrogens is 428 g/mol. The van der Waals surface area contributed by atoms with Crippen LogP contribution in [0.4, 0.5) is 0 Å². The molecule has 12 heteroatoms. The molecule has 5 heterocycles. The van der Waals surface area contributed by atoms with Crippen molar-refractivity contribution >= 4 is 11.9 Å². The number of likely N-dealkylation sites (tertiary alicyclic amines) is 2. The first kappa shape index (κ1) is 21.6. The molecule has 1 spiro atoms. The highest BCUT2D eigenvalue weighted by atomic mass is 16.5. The maximum atomic E-state index is 13.3. The van der Waals surface area contributed by atoms with Crippen LogP contribution in [0.3, 0.4) is 0 Å². The van der Waals surface area contributed by atoms with Gasteiger partial charge in [-0.1, -0.05) is 0 Å². The Balaban J connectivity index is 1.21. The van der Waals surface area contributed by atoms with Crippen LogP contribution >= 0.6 is 0 Å². The molecule has 2 fully saturated rings. The molecule has 2 aromatic rings. The van der Waals surface area contributed by atoms with Gasteiger partial charge in [-0.25, -0.2) is 4.79 Å². The third-order valence-electron chi connectivity index (χ3n) is 7.07. The summed E-state index contributed by atoms with van der Waals surface area (Å²) in [5.41, 5.74) is 2.16. The van der Waals surface area contributed by atoms with Crippen LogP contribution in [0.15, 0.2) is 23.7 Å². The number of rotatable bonds is 5. The van der Waals surface area contributed by atoms with Crippen molar-refractivity contribution in [2.24, 2.45) is 5.41 Å². The Labute approximate surface area is 190 Å². The average molecular weight is 454 g/mol. The molecule has 2 saturated heterocycles. The Hall–Kier alpha value is -3.25. The molecule has 0 aromatic carbocycles. The van der Waals surface area contributed by atoms with Crippen LogP contribution in [0.5, 0.6) is 0 Å². The molecule has 33 heavy (non-hydrogen) atoms. The van der Waals surface area contributed by atoms with Crippen molar-refractivity contribution in [3.8, 4) is 5.82 Å². The van der Waals surface area contributed by atoms with Gasteiger partial charge in [-0.3, -0.25) is 4.79 Å². The minimum Gasteiger partial charge on any atom is -0.456 e. The number of hydrogen-bond acceptors (Lipinski definition) is 10. The minimum absolute atomic E-state index is 0.0928. The number of hydrogen-bond donors (Lipinski definition) is 1. The van der Waals surface area contributed by atoms with Crippen LogP contribution < -0.4 is 0 Å². The van der Waals surface area contributed by atoms with Gasteiger partial charge in [-0.05, 0) is 68.3 Å². The molecule has 1 N–H and O–H groups in total. The molecule has 0 aliphatic carbocycles. The summed E-state index contributed by atoms with van der Waals surface area (Å²) < 4.78 is 6.50. The highest BCUT2D eigenvalue weighted by Crippen LogP contribution is 2.43. The van der Waals surface area contributed by atoms with E-state index in [1.54, 1.807) is 17.9 Å². The SMILES string of the molecule is CC1=C(N2CCC3(CCN(C[C@@H](O)c4nnc(-n5cnnn5)cc4C)CC3)C2=O)COC1=O. The highest BCUT2D eigenvalue weighted by molar-refractivity contribution is 5.94. The molecule has 0 unspecified atom stereocenters. The Bertz CT molecular complexity index is 1110. The van der Waals surface area contributed by atoms with E-state index in [-0.39, 0.29) is 18.5 Å². The topological polar surface area (TPSA) is 139 Å². The summed E-state index contributed by atoms with van der Waals surface area (Å²) in [6.07, 6.45) is 2.86. The number of aliphatic hydroxyl groups is 1. The Morgan fingerprint density at radius 3 is 2.55 bits per heavy atom. The van der Waals surface area contributed by atoms with Crippen molar-refractivity contribution in [2.75, 3.05) is 32.8 Å². The normalized spacial score (nSPS) is 21.8. The lowest BCUT2D eigenvalue weighted by Crippen LogP contribution is -2.45. The van der Waals surface area contributed by atoms with Crippen molar-refractivity contribution in [3.63, 3.8) is 0 Å². The molecule has 2 aromatic heterocycles. The first-order chi connectivity index (χ1) is 15.9. The number of cyclic esters (lactones) is 1. The monoisotopic (exact) mass is 454 g/mol. The molecule has 3 aliphatic heterocycles. The fourth-order valence-electron chi connectivity index (χ4n) is 4.97. The van der Waals surface area contributed by atoms with Gasteiger partial charge in [0.25, 0.3) is 0 Å². The number of amides is 1. The second kappa shape index (κ2) is 8.27. The van der Waals surface area contributed by atoms with E-state index in [4.69, 9.17) is 4.74 Å². The van der Waals surface area contributed by atoms with E-state index in [1.165, 1.54) is 11.0 Å². The van der Waals surface area contributed by atoms with E-state index in [1.807, 2.05) is 6.92 Å². The van der Waals surface area contributed by atoms with Gasteiger partial charge in [0.05, 0.1) is 22.4 Å². The second-order valence-corrected chi connectivity index (χ2v) is 8.98. The predicted molar refractivity (Wildman–Crippen MR) is 113 cm³/mol. The van der Waals surface area contributed by atoms with E-state index >= 15 is 0 Å². The maximum absolute atomic E-state index is 13.3. The van der Waals surface area contributed by atoms with Crippen molar-refractivity contribution < 1.29 is 19.4 Å². The zero-order valence-corrected chi connectivity index (χ0v) is 18.6. The summed E-state index contributed by atoms with van der Waals surface area (Å²) in [4.78, 5) is 28.9. The van der Waals surface area contributed by atoms with Gasteiger partial charge in [0.2, 0.25) is 5.91 Å². The van der Waals surface area contributed by atoms with E-state index in [2.05, 4.69) is 30.6 Å². The highest BCUT2D eigenvalue weighted by Gasteiger charge is 2.50. The summed E-state index contributed by atoms with van der Waals surface area (Å²) in [7, 11) is 0. The number of ether oxygens (including phenoxy) is 1. The summed E-state index contributed by atoms with van der Waals surface area (Å²) >= 11 is 0. The first-order valence-corrected chi connectivity index (χ1v) is 11.0. The number of aliphatic hydroxyl groups excluding tert-OH is 1. The van der Waals surface area contributed by atoms with Gasteiger partial charge in [0.1, 0.15) is 19.0 Å². The first-order valence-electron chi connectivity index (χ1n) is 11.0. The lowest BCUT2D eigenvalue weighted by Gasteiger charge is -2.38. The molecule has 0 radical (unpaired) electrons. The standard InChI is InChI=1S/C21H26N8O4/c1-13-9-17(29-12-22-25-26-29)23-24-18(13)16(30)10-27-6-3-21(4-7-27)5-8-28(20(21)32)15-11-33-19(31)14(15)2/h9,12,16,30H,3-8,10-11H2,1-2H3/t16-/m1/s1. The van der Waals surface area contributed by atoms with E-state index < -0.39 is 11.5 Å². The van der Waals surface area contributed by atoms with Crippen LogP contribution in [0.25, 0.3) is 5.82 Å². The summed E-state index contributed by atoms with van der Waals surface area (Å²) in [6, 6.07) is 1.78. The zero-order chi connectivity index (χ0) is 23.2. The number of carbonyl (C=O) groups excluding carboxylic acids is 2. The minimum atomic E-state index is -0.792. The lowest BCUT2D eigenvalue weighted by atomic mass is 9.77. The molecule has 12 nitrogen and oxygen atoms in total. The summed E-state index contributed by atoms with van der Waals surface area (Å²) in [5.74, 6) is 0.236. The molecule has 3 aliphatic rings. The van der Waals surface area contributed by atoms with Crippen LogP contribution in [0.2, 0.25) is 0 Å². The summed E-state index contributed by atoms with van der Waals surface area (Å²) in [5, 5.41) is 30.1. The molecule has 1 atom stereocenters. The predicted octanol–water partition coefficient (Wildman–Crippen LogP) is -0.0606. The van der Waals surface area contributed by atoms with Crippen LogP contribution in [-0.2, 0) is 14.3 Å². The number of aromatic nitrogens is 6. The number of tetrazole rings is 1. The molecular formula is C21H26N8O4. The Morgan fingerprint density at radius 1 is 1.15 bits per heavy atom. The number of piperidine rings is 1. The Morgan fingerprint density at radius 2 is 1.91 bits per heavy atom. The number of carbonyl (C=O) groups is 2. The summed E-state index contributed by atoms with van der Waals surface area (Å²) in [6.45, 7) is 6.21. The van der Waals surface area contributed by atoms with Gasteiger partial charge in [0.15, 0.2) is 5.82 Å². The fourth-order valence-corrected chi connectivity index (χ4v) is 4.97. The van der Waals surface area contributed by atoms with E-state index in [9.17, 15) is 14.7 Å². The van der Waals surface area contributed by atoms with E-state index in [0.29, 0.717) is 49.0 Å². The number of aryl methyl sites for hydroxylation is 1. The molecule has 174 valence electrons. The third kappa shape index (κ3) is 3.78. The quantitative estimate of drug-likeness (QED) is 0.611. The second-order valence-electron chi connectivity index (χ2n) is 8.98. The number of esters is 1. The molecule has 0 saturated carbocycles. The Kier molecular flexibility index (Phi) is 5.41. The van der Waals surface area contributed by atoms with Gasteiger partial charge in [0, 0.05) is 13.1 Å². The molecule has 1 amide bonds. The lowest BCUT2D eigenvalue weighted by molar-refractivity contribution is -0.138. The largest absolute Gasteiger partial charge is 0.456 e. The number of nitrogens with zero attached hydrogens (tertiary/aromatic N) is 8. The van der Waals surface area contributed by atoms with Crippen molar-refractivity contribution in [1.82, 2.24) is 40.2 Å². The third-order valence-corrected chi connectivity index (χ3v) is 7.07. The average Bonchev–Trinajstić information content (AvgIpc) is 3.53. The van der Waals surface area contributed by atoms with Crippen LogP contribution in [-0.4, -0.2) is 90.0 Å². The van der Waals surface area contributed by atoms with Gasteiger partial charge >= 0.3 is 5.97 Å². The van der Waals surface area contributed by atoms with Gasteiger partial charge in [-0.15, -0.1) is 10.2 Å². The smallest absolute Gasteiger partial charge is 0.336 e. The van der Waals surface area contributed by atoms with Gasteiger partial charge in [-0.2, -0.15) is 9.78 Å². The van der Waals surface area contributed by atoms with Gasteiger partial charge < -0.3 is 19.6 Å². The fraction of sp³-hybridized carbons (Fsp3) is 0.571. The molecule has 5 rings (SSSR count). The van der Waals surface area contributed by atoms with E-state index in [0.717, 1.165) is 24.8 Å². The number of β-amino-alcohol motifs (C(OH)–C–C–N with tert-alkyl or cyclic N) is 1.